The van der Waals surface area contributed by atoms with Crippen LogP contribution in [0.2, 0.25) is 10.0 Å². The number of hydrogen-bond acceptors (Lipinski definition) is 4. The Balaban J connectivity index is 0.00000288. The first-order valence-corrected chi connectivity index (χ1v) is 8.59. The molecule has 13 heteroatoms. The number of hydrogen-bond donors (Lipinski definition) is 1. The van der Waals surface area contributed by atoms with Crippen molar-refractivity contribution < 1.29 is 17.2 Å². The molecule has 2 rings (SSSR count). The molecule has 0 fully saturated rings. The number of aromatic nitrogens is 3. The summed E-state index contributed by atoms with van der Waals surface area (Å²) in [5.74, 6) is -0.228. The first-order chi connectivity index (χ1) is 10.5. The summed E-state index contributed by atoms with van der Waals surface area (Å²) in [7, 11) is -3.65. The van der Waals surface area contributed by atoms with Gasteiger partial charge in [0.25, 0.3) is 0 Å². The third-order valence-electron chi connectivity index (χ3n) is 2.74. The summed E-state index contributed by atoms with van der Waals surface area (Å²) >= 11 is 11.8. The van der Waals surface area contributed by atoms with Crippen LogP contribution in [0, 0.1) is 6.92 Å². The van der Waals surface area contributed by atoms with E-state index in [1.54, 1.807) is 0 Å². The molecular formula is C11H11Cl2F2N4NaO3S. The third-order valence-corrected chi connectivity index (χ3v) is 3.94. The summed E-state index contributed by atoms with van der Waals surface area (Å²) < 4.78 is 51.3. The van der Waals surface area contributed by atoms with Crippen molar-refractivity contribution in [1.82, 2.24) is 14.3 Å². The fourth-order valence-electron chi connectivity index (χ4n) is 1.84. The predicted molar refractivity (Wildman–Crippen MR) is 89.4 cm³/mol. The van der Waals surface area contributed by atoms with Gasteiger partial charge in [0.1, 0.15) is 5.82 Å². The van der Waals surface area contributed by atoms with E-state index in [4.69, 9.17) is 23.2 Å². The zero-order valence-electron chi connectivity index (χ0n) is 11.7. The number of halogens is 4. The molecule has 24 heavy (non-hydrogen) atoms. The Kier molecular flexibility index (Phi) is 6.87. The summed E-state index contributed by atoms with van der Waals surface area (Å²) in [5.41, 5.74) is -1.27. The van der Waals surface area contributed by atoms with Crippen molar-refractivity contribution >= 4 is 68.5 Å². The van der Waals surface area contributed by atoms with Gasteiger partial charge in [-0.3, -0.25) is 4.72 Å². The van der Waals surface area contributed by atoms with Gasteiger partial charge in [-0.25, -0.2) is 17.8 Å². The number of nitrogens with one attached hydrogen (secondary N) is 1. The molecule has 0 bridgehead atoms. The molecule has 1 aromatic heterocycles. The number of aryl methyl sites for hydroxylation is 1. The van der Waals surface area contributed by atoms with Crippen LogP contribution in [0.15, 0.2) is 16.9 Å². The monoisotopic (exact) mass is 410 g/mol. The molecule has 7 nitrogen and oxygen atoms in total. The average Bonchev–Trinajstić information content (AvgIpc) is 2.66. The van der Waals surface area contributed by atoms with Crippen LogP contribution in [0.25, 0.3) is 5.69 Å². The molecule has 0 saturated heterocycles. The van der Waals surface area contributed by atoms with Crippen LogP contribution in [-0.4, -0.2) is 58.6 Å². The molecule has 1 heterocycles. The van der Waals surface area contributed by atoms with Gasteiger partial charge in [0.15, 0.2) is 0 Å². The number of alkyl halides is 2. The van der Waals surface area contributed by atoms with Crippen LogP contribution in [-0.2, 0) is 10.0 Å². The van der Waals surface area contributed by atoms with Gasteiger partial charge in [0.05, 0.1) is 27.7 Å². The van der Waals surface area contributed by atoms with Gasteiger partial charge in [0.2, 0.25) is 10.0 Å². The first-order valence-electron chi connectivity index (χ1n) is 5.95. The van der Waals surface area contributed by atoms with Gasteiger partial charge in [-0.2, -0.15) is 13.5 Å². The summed E-state index contributed by atoms with van der Waals surface area (Å²) in [5, 5.41) is 3.63. The Morgan fingerprint density at radius 1 is 1.25 bits per heavy atom. The van der Waals surface area contributed by atoms with Gasteiger partial charge in [-0.05, 0) is 19.1 Å². The Labute approximate surface area is 167 Å². The van der Waals surface area contributed by atoms with E-state index >= 15 is 0 Å². The predicted octanol–water partition coefficient (Wildman–Crippen LogP) is 1.77. The Morgan fingerprint density at radius 3 is 2.29 bits per heavy atom. The number of benzene rings is 1. The molecule has 1 aromatic carbocycles. The fourth-order valence-corrected chi connectivity index (χ4v) is 2.97. The zero-order valence-corrected chi connectivity index (χ0v) is 14.0. The van der Waals surface area contributed by atoms with Crippen LogP contribution in [0.5, 0.6) is 0 Å². The Morgan fingerprint density at radius 2 is 1.83 bits per heavy atom. The topological polar surface area (TPSA) is 86.0 Å². The molecule has 0 aliphatic heterocycles. The molecule has 0 saturated carbocycles. The molecule has 0 amide bonds. The zero-order chi connectivity index (χ0) is 17.5. The molecule has 0 atom stereocenters. The second-order valence-corrected chi connectivity index (χ2v) is 7.11. The molecule has 0 unspecified atom stereocenters. The van der Waals surface area contributed by atoms with Crippen molar-refractivity contribution in [3.8, 4) is 5.69 Å². The van der Waals surface area contributed by atoms with Crippen LogP contribution in [0.4, 0.5) is 14.5 Å². The number of rotatable bonds is 4. The number of sulfonamides is 1. The maximum atomic E-state index is 12.8. The minimum atomic E-state index is -3.65. The number of nitrogens with zero attached hydrogens (tertiary/aromatic N) is 3. The second kappa shape index (κ2) is 7.71. The summed E-state index contributed by atoms with van der Waals surface area (Å²) in [6, 6.07) is 2.31. The van der Waals surface area contributed by atoms with Crippen LogP contribution in [0.1, 0.15) is 12.4 Å². The van der Waals surface area contributed by atoms with E-state index in [0.29, 0.717) is 4.68 Å². The van der Waals surface area contributed by atoms with E-state index in [0.717, 1.165) is 12.3 Å². The molecule has 1 N–H and O–H groups in total. The van der Waals surface area contributed by atoms with Crippen molar-refractivity contribution in [2.45, 2.75) is 13.5 Å². The van der Waals surface area contributed by atoms with E-state index in [2.05, 4.69) is 9.82 Å². The van der Waals surface area contributed by atoms with Crippen LogP contribution >= 0.6 is 23.2 Å². The summed E-state index contributed by atoms with van der Waals surface area (Å²) in [6.45, 7) is -1.85. The van der Waals surface area contributed by atoms with Gasteiger partial charge < -0.3 is 0 Å². The van der Waals surface area contributed by atoms with Crippen molar-refractivity contribution in [3.63, 3.8) is 0 Å². The molecule has 0 aliphatic carbocycles. The fraction of sp³-hybridized carbons (Fsp3) is 0.273. The molecule has 0 radical (unpaired) electrons. The van der Waals surface area contributed by atoms with E-state index in [1.165, 1.54) is 13.0 Å². The van der Waals surface area contributed by atoms with Crippen LogP contribution in [0.3, 0.4) is 0 Å². The summed E-state index contributed by atoms with van der Waals surface area (Å²) in [4.78, 5) is 12.0. The molecule has 2 aromatic rings. The van der Waals surface area contributed by atoms with Gasteiger partial charge in [0, 0.05) is 0 Å². The quantitative estimate of drug-likeness (QED) is 0.778. The first kappa shape index (κ1) is 21.4. The minimum absolute atomic E-state index is 0. The summed E-state index contributed by atoms with van der Waals surface area (Å²) in [6.07, 6.45) is 0.902. The average molecular weight is 411 g/mol. The van der Waals surface area contributed by atoms with Crippen molar-refractivity contribution in [2.75, 3.05) is 11.0 Å². The standard InChI is InChI=1S/C11H10Cl2F2N4O3S.Na.H/c1-5-16-19(11(20)18(5)10(14)15)9-4-8(17-23(2,21)22)6(12)3-7(9)13;;/h3-4,10,17H,1-2H3;;. The third kappa shape index (κ3) is 4.50. The van der Waals surface area contributed by atoms with E-state index in [9.17, 15) is 22.0 Å². The van der Waals surface area contributed by atoms with E-state index in [1.807, 2.05) is 0 Å². The Bertz CT molecular complexity index is 930. The molecular weight excluding hydrogens is 400 g/mol. The van der Waals surface area contributed by atoms with Gasteiger partial charge in [-0.1, -0.05) is 23.2 Å². The van der Waals surface area contributed by atoms with Crippen molar-refractivity contribution in [1.29, 1.82) is 0 Å². The van der Waals surface area contributed by atoms with E-state index < -0.39 is 22.3 Å². The van der Waals surface area contributed by atoms with Gasteiger partial charge in [-0.15, -0.1) is 5.10 Å². The molecule has 0 spiro atoms. The molecule has 128 valence electrons. The molecule has 0 aliphatic rings. The van der Waals surface area contributed by atoms with Crippen LogP contribution < -0.4 is 10.4 Å². The van der Waals surface area contributed by atoms with Crippen molar-refractivity contribution in [3.05, 3.63) is 38.5 Å². The van der Waals surface area contributed by atoms with Crippen molar-refractivity contribution in [2.24, 2.45) is 0 Å². The normalized spacial score (nSPS) is 11.5. The Hall–Kier alpha value is -0.650. The maximum absolute atomic E-state index is 12.8. The number of anilines is 1. The second-order valence-electron chi connectivity index (χ2n) is 4.55. The van der Waals surface area contributed by atoms with E-state index in [-0.39, 0.29) is 61.4 Å². The van der Waals surface area contributed by atoms with Gasteiger partial charge >= 0.3 is 41.8 Å². The SMILES string of the molecule is Cc1nn(-c2cc(NS(C)(=O)=O)c(Cl)cc2Cl)c(=O)n1C(F)F.[NaH].